The molecule has 0 saturated heterocycles. The predicted molar refractivity (Wildman–Crippen MR) is 107 cm³/mol. The molecule has 26 heavy (non-hydrogen) atoms. The molecular formula is C21H19ClN4. The number of fused-ring (bicyclic) bond motifs is 1. The van der Waals surface area contributed by atoms with Crippen LogP contribution in [0.25, 0.3) is 16.8 Å². The molecule has 0 fully saturated rings. The Balaban J connectivity index is 1.67. The van der Waals surface area contributed by atoms with E-state index in [0.29, 0.717) is 6.54 Å². The highest BCUT2D eigenvalue weighted by atomic mass is 35.5. The first-order valence-electron chi connectivity index (χ1n) is 8.50. The predicted octanol–water partition coefficient (Wildman–Crippen LogP) is 5.28. The highest BCUT2D eigenvalue weighted by Gasteiger charge is 2.11. The second-order valence-corrected chi connectivity index (χ2v) is 6.84. The first-order chi connectivity index (χ1) is 12.6. The standard InChI is InChI=1S/C21H19ClN4/c1-14-6-7-17(10-15(14)2)19-13-25-26-20(8-9-23-21(19)26)24-12-16-4-3-5-18(22)11-16/h3-11,13,24H,12H2,1-2H3. The van der Waals surface area contributed by atoms with Crippen LogP contribution in [0.2, 0.25) is 5.02 Å². The van der Waals surface area contributed by atoms with E-state index in [9.17, 15) is 0 Å². The summed E-state index contributed by atoms with van der Waals surface area (Å²) >= 11 is 6.06. The van der Waals surface area contributed by atoms with Crippen molar-refractivity contribution in [2.24, 2.45) is 0 Å². The van der Waals surface area contributed by atoms with E-state index >= 15 is 0 Å². The van der Waals surface area contributed by atoms with Gasteiger partial charge in [-0.3, -0.25) is 0 Å². The second-order valence-electron chi connectivity index (χ2n) is 6.41. The topological polar surface area (TPSA) is 42.2 Å². The molecule has 4 nitrogen and oxygen atoms in total. The molecule has 0 atom stereocenters. The summed E-state index contributed by atoms with van der Waals surface area (Å²) in [5.74, 6) is 0.894. The fourth-order valence-corrected chi connectivity index (χ4v) is 3.19. The summed E-state index contributed by atoms with van der Waals surface area (Å²) in [6, 6.07) is 16.2. The summed E-state index contributed by atoms with van der Waals surface area (Å²) in [6.07, 6.45) is 3.68. The van der Waals surface area contributed by atoms with Crippen LogP contribution in [0.1, 0.15) is 16.7 Å². The molecule has 4 aromatic rings. The molecule has 1 N–H and O–H groups in total. The molecule has 0 amide bonds. The first-order valence-corrected chi connectivity index (χ1v) is 8.88. The number of nitrogens with zero attached hydrogens (tertiary/aromatic N) is 3. The summed E-state index contributed by atoms with van der Waals surface area (Å²) in [6.45, 7) is 4.90. The van der Waals surface area contributed by atoms with Crippen LogP contribution in [-0.4, -0.2) is 14.6 Å². The zero-order valence-electron chi connectivity index (χ0n) is 14.7. The Hall–Kier alpha value is -2.85. The van der Waals surface area contributed by atoms with E-state index in [-0.39, 0.29) is 0 Å². The molecule has 0 aliphatic carbocycles. The molecule has 130 valence electrons. The third-order valence-electron chi connectivity index (χ3n) is 4.58. The van der Waals surface area contributed by atoms with Gasteiger partial charge in [0.25, 0.3) is 0 Å². The van der Waals surface area contributed by atoms with Crippen molar-refractivity contribution in [3.8, 4) is 11.1 Å². The van der Waals surface area contributed by atoms with Gasteiger partial charge in [-0.2, -0.15) is 9.61 Å². The SMILES string of the molecule is Cc1ccc(-c2cnn3c(NCc4cccc(Cl)c4)ccnc23)cc1C. The van der Waals surface area contributed by atoms with Crippen LogP contribution >= 0.6 is 11.6 Å². The largest absolute Gasteiger partial charge is 0.366 e. The second kappa shape index (κ2) is 6.81. The van der Waals surface area contributed by atoms with Crippen molar-refractivity contribution < 1.29 is 0 Å². The van der Waals surface area contributed by atoms with Crippen molar-refractivity contribution in [2.45, 2.75) is 20.4 Å². The maximum Gasteiger partial charge on any atom is 0.165 e. The fraction of sp³-hybridized carbons (Fsp3) is 0.143. The third-order valence-corrected chi connectivity index (χ3v) is 4.82. The molecule has 2 aromatic heterocycles. The van der Waals surface area contributed by atoms with E-state index in [4.69, 9.17) is 11.6 Å². The van der Waals surface area contributed by atoms with E-state index < -0.39 is 0 Å². The van der Waals surface area contributed by atoms with Crippen LogP contribution in [0, 0.1) is 13.8 Å². The molecular weight excluding hydrogens is 344 g/mol. The number of aromatic nitrogens is 3. The van der Waals surface area contributed by atoms with E-state index in [1.165, 1.54) is 11.1 Å². The quantitative estimate of drug-likeness (QED) is 0.537. The van der Waals surface area contributed by atoms with Gasteiger partial charge in [-0.25, -0.2) is 4.98 Å². The van der Waals surface area contributed by atoms with Crippen molar-refractivity contribution in [3.63, 3.8) is 0 Å². The van der Waals surface area contributed by atoms with E-state index in [1.54, 1.807) is 0 Å². The van der Waals surface area contributed by atoms with Gasteiger partial charge in [0.1, 0.15) is 5.82 Å². The highest BCUT2D eigenvalue weighted by Crippen LogP contribution is 2.26. The van der Waals surface area contributed by atoms with Gasteiger partial charge in [-0.05, 0) is 54.3 Å². The summed E-state index contributed by atoms with van der Waals surface area (Å²) in [4.78, 5) is 4.54. The smallest absolute Gasteiger partial charge is 0.165 e. The van der Waals surface area contributed by atoms with Gasteiger partial charge in [0.05, 0.1) is 6.20 Å². The van der Waals surface area contributed by atoms with Gasteiger partial charge >= 0.3 is 0 Å². The molecule has 2 heterocycles. The molecule has 0 spiro atoms. The molecule has 2 aromatic carbocycles. The Morgan fingerprint density at radius 1 is 1.04 bits per heavy atom. The van der Waals surface area contributed by atoms with Crippen LogP contribution in [0.15, 0.2) is 60.9 Å². The Bertz CT molecular complexity index is 1080. The Kier molecular flexibility index (Phi) is 4.35. The van der Waals surface area contributed by atoms with Crippen LogP contribution < -0.4 is 5.32 Å². The van der Waals surface area contributed by atoms with Crippen molar-refractivity contribution in [1.29, 1.82) is 0 Å². The van der Waals surface area contributed by atoms with E-state index in [0.717, 1.165) is 33.2 Å². The lowest BCUT2D eigenvalue weighted by Gasteiger charge is -2.09. The Labute approximate surface area is 157 Å². The fourth-order valence-electron chi connectivity index (χ4n) is 2.98. The first kappa shape index (κ1) is 16.6. The van der Waals surface area contributed by atoms with E-state index in [1.807, 2.05) is 47.2 Å². The van der Waals surface area contributed by atoms with Crippen LogP contribution in [0.4, 0.5) is 5.82 Å². The zero-order valence-corrected chi connectivity index (χ0v) is 15.5. The van der Waals surface area contributed by atoms with Crippen LogP contribution in [0.5, 0.6) is 0 Å². The van der Waals surface area contributed by atoms with Gasteiger partial charge < -0.3 is 5.32 Å². The maximum absolute atomic E-state index is 6.06. The monoisotopic (exact) mass is 362 g/mol. The number of rotatable bonds is 4. The number of hydrogen-bond acceptors (Lipinski definition) is 3. The highest BCUT2D eigenvalue weighted by molar-refractivity contribution is 6.30. The summed E-state index contributed by atoms with van der Waals surface area (Å²) < 4.78 is 1.84. The summed E-state index contributed by atoms with van der Waals surface area (Å²) in [5.41, 5.74) is 6.65. The third kappa shape index (κ3) is 3.16. The lowest BCUT2D eigenvalue weighted by molar-refractivity contribution is 0.925. The summed E-state index contributed by atoms with van der Waals surface area (Å²) in [7, 11) is 0. The van der Waals surface area contributed by atoms with Crippen molar-refractivity contribution in [2.75, 3.05) is 5.32 Å². The zero-order chi connectivity index (χ0) is 18.1. The molecule has 4 rings (SSSR count). The molecule has 0 aliphatic heterocycles. The van der Waals surface area contributed by atoms with Crippen molar-refractivity contribution in [1.82, 2.24) is 14.6 Å². The number of halogens is 1. The van der Waals surface area contributed by atoms with Gasteiger partial charge in [0.2, 0.25) is 0 Å². The molecule has 0 saturated carbocycles. The molecule has 0 bridgehead atoms. The average Bonchev–Trinajstić information content (AvgIpc) is 3.07. The Morgan fingerprint density at radius 2 is 1.92 bits per heavy atom. The van der Waals surface area contributed by atoms with Crippen LogP contribution in [0.3, 0.4) is 0 Å². The van der Waals surface area contributed by atoms with Crippen LogP contribution in [-0.2, 0) is 6.54 Å². The van der Waals surface area contributed by atoms with Gasteiger partial charge in [0.15, 0.2) is 5.65 Å². The lowest BCUT2D eigenvalue weighted by Crippen LogP contribution is -2.05. The molecule has 0 radical (unpaired) electrons. The van der Waals surface area contributed by atoms with Crippen molar-refractivity contribution in [3.05, 3.63) is 82.6 Å². The maximum atomic E-state index is 6.06. The van der Waals surface area contributed by atoms with Gasteiger partial charge in [-0.15, -0.1) is 0 Å². The van der Waals surface area contributed by atoms with Crippen molar-refractivity contribution >= 4 is 23.1 Å². The number of aryl methyl sites for hydroxylation is 2. The molecule has 5 heteroatoms. The van der Waals surface area contributed by atoms with E-state index in [2.05, 4.69) is 47.4 Å². The van der Waals surface area contributed by atoms with Gasteiger partial charge in [-0.1, -0.05) is 41.9 Å². The normalized spacial score (nSPS) is 11.0. The number of hydrogen-bond donors (Lipinski definition) is 1. The minimum atomic E-state index is 0.665. The molecule has 0 aliphatic rings. The summed E-state index contributed by atoms with van der Waals surface area (Å²) in [5, 5.41) is 8.70. The minimum absolute atomic E-state index is 0.665. The Morgan fingerprint density at radius 3 is 2.73 bits per heavy atom. The van der Waals surface area contributed by atoms with Gasteiger partial charge in [0, 0.05) is 23.3 Å². The number of benzene rings is 2. The number of anilines is 1. The molecule has 0 unspecified atom stereocenters. The minimum Gasteiger partial charge on any atom is -0.366 e. The average molecular weight is 363 g/mol. The lowest BCUT2D eigenvalue weighted by atomic mass is 10.0. The number of nitrogens with one attached hydrogen (secondary N) is 1.